The van der Waals surface area contributed by atoms with Crippen LogP contribution in [0.5, 0.6) is 5.75 Å². The molecule has 0 aliphatic rings. The maximum atomic E-state index is 12.7. The molecule has 0 fully saturated rings. The first-order chi connectivity index (χ1) is 11.0. The van der Waals surface area contributed by atoms with E-state index in [1.165, 1.54) is 24.3 Å². The van der Waals surface area contributed by atoms with E-state index >= 15 is 0 Å². The third-order valence-corrected chi connectivity index (χ3v) is 2.97. The maximum Gasteiger partial charge on any atom is 0.258 e. The summed E-state index contributed by atoms with van der Waals surface area (Å²) in [5.41, 5.74) is 1.76. The van der Waals surface area contributed by atoms with E-state index in [9.17, 15) is 14.0 Å². The van der Waals surface area contributed by atoms with Crippen molar-refractivity contribution >= 4 is 17.5 Å². The highest BCUT2D eigenvalue weighted by Gasteiger charge is 2.07. The van der Waals surface area contributed by atoms with E-state index in [-0.39, 0.29) is 24.9 Å². The predicted octanol–water partition coefficient (Wildman–Crippen LogP) is 2.27. The number of anilines is 1. The summed E-state index contributed by atoms with van der Waals surface area (Å²) >= 11 is 0. The molecule has 2 aromatic rings. The lowest BCUT2D eigenvalue weighted by molar-refractivity contribution is -0.125. The highest BCUT2D eigenvalue weighted by Crippen LogP contribution is 2.10. The Bertz CT molecular complexity index is 669. The molecule has 2 aromatic carbocycles. The van der Waals surface area contributed by atoms with Gasteiger partial charge in [0.1, 0.15) is 11.6 Å². The number of aryl methyl sites for hydroxylation is 1. The fourth-order valence-corrected chi connectivity index (χ4v) is 1.75. The van der Waals surface area contributed by atoms with Gasteiger partial charge >= 0.3 is 0 Å². The smallest absolute Gasteiger partial charge is 0.258 e. The first-order valence-electron chi connectivity index (χ1n) is 7.04. The molecule has 0 aliphatic carbocycles. The van der Waals surface area contributed by atoms with E-state index < -0.39 is 5.91 Å². The van der Waals surface area contributed by atoms with Crippen LogP contribution in [0.2, 0.25) is 0 Å². The van der Waals surface area contributed by atoms with Crippen molar-refractivity contribution in [2.24, 2.45) is 0 Å². The lowest BCUT2D eigenvalue weighted by atomic mass is 10.2. The number of benzene rings is 2. The molecule has 0 heterocycles. The minimum atomic E-state index is -0.437. The van der Waals surface area contributed by atoms with Gasteiger partial charge in [0.25, 0.3) is 5.91 Å². The molecular formula is C17H17FN2O3. The molecule has 0 saturated carbocycles. The van der Waals surface area contributed by atoms with Crippen molar-refractivity contribution in [3.05, 3.63) is 59.9 Å². The Labute approximate surface area is 133 Å². The number of nitrogens with one attached hydrogen (secondary N) is 2. The summed E-state index contributed by atoms with van der Waals surface area (Å²) in [5, 5.41) is 5.11. The predicted molar refractivity (Wildman–Crippen MR) is 84.7 cm³/mol. The molecule has 0 aliphatic heterocycles. The quantitative estimate of drug-likeness (QED) is 0.859. The second-order valence-electron chi connectivity index (χ2n) is 4.93. The van der Waals surface area contributed by atoms with Gasteiger partial charge < -0.3 is 15.4 Å². The maximum absolute atomic E-state index is 12.7. The van der Waals surface area contributed by atoms with Crippen LogP contribution >= 0.6 is 0 Å². The molecule has 2 amide bonds. The Morgan fingerprint density at radius 2 is 1.65 bits per heavy atom. The lowest BCUT2D eigenvalue weighted by Gasteiger charge is -2.08. The van der Waals surface area contributed by atoms with Crippen molar-refractivity contribution in [1.82, 2.24) is 5.32 Å². The van der Waals surface area contributed by atoms with Crippen LogP contribution in [-0.4, -0.2) is 25.0 Å². The number of halogens is 1. The van der Waals surface area contributed by atoms with Crippen LogP contribution in [0.1, 0.15) is 5.56 Å². The Hall–Kier alpha value is -2.89. The second-order valence-corrected chi connectivity index (χ2v) is 4.93. The molecule has 120 valence electrons. The molecule has 5 nitrogen and oxygen atoms in total. The van der Waals surface area contributed by atoms with Crippen molar-refractivity contribution < 1.29 is 18.7 Å². The van der Waals surface area contributed by atoms with E-state index in [1.54, 1.807) is 12.1 Å². The summed E-state index contributed by atoms with van der Waals surface area (Å²) in [6.45, 7) is 1.55. The van der Waals surface area contributed by atoms with Gasteiger partial charge in [0.05, 0.1) is 6.54 Å². The van der Waals surface area contributed by atoms with Crippen molar-refractivity contribution in [3.63, 3.8) is 0 Å². The average molecular weight is 316 g/mol. The summed E-state index contributed by atoms with van der Waals surface area (Å²) < 4.78 is 17.9. The first-order valence-corrected chi connectivity index (χ1v) is 7.04. The van der Waals surface area contributed by atoms with Gasteiger partial charge in [-0.25, -0.2) is 4.39 Å². The zero-order valence-electron chi connectivity index (χ0n) is 12.6. The van der Waals surface area contributed by atoms with Crippen LogP contribution in [0, 0.1) is 12.7 Å². The molecule has 6 heteroatoms. The van der Waals surface area contributed by atoms with Gasteiger partial charge in [-0.15, -0.1) is 0 Å². The molecule has 0 bridgehead atoms. The summed E-state index contributed by atoms with van der Waals surface area (Å²) in [6, 6.07) is 12.7. The van der Waals surface area contributed by atoms with Crippen LogP contribution in [0.4, 0.5) is 10.1 Å². The fraction of sp³-hybridized carbons (Fsp3) is 0.176. The van der Waals surface area contributed by atoms with Gasteiger partial charge in [-0.2, -0.15) is 0 Å². The molecule has 0 radical (unpaired) electrons. The van der Waals surface area contributed by atoms with Gasteiger partial charge in [-0.3, -0.25) is 9.59 Å². The van der Waals surface area contributed by atoms with Crippen LogP contribution in [0.15, 0.2) is 48.5 Å². The highest BCUT2D eigenvalue weighted by atomic mass is 19.1. The molecule has 0 atom stereocenters. The van der Waals surface area contributed by atoms with Gasteiger partial charge in [0.15, 0.2) is 6.61 Å². The summed E-state index contributed by atoms with van der Waals surface area (Å²) in [7, 11) is 0. The molecule has 0 unspecified atom stereocenters. The Balaban J connectivity index is 1.70. The third-order valence-electron chi connectivity index (χ3n) is 2.97. The first kappa shape index (κ1) is 16.5. The number of carbonyl (C=O) groups excluding carboxylic acids is 2. The SMILES string of the molecule is Cc1ccc(NC(=O)CNC(=O)COc2ccc(F)cc2)cc1. The Morgan fingerprint density at radius 3 is 2.30 bits per heavy atom. The van der Waals surface area contributed by atoms with Crippen molar-refractivity contribution in [2.75, 3.05) is 18.5 Å². The summed E-state index contributed by atoms with van der Waals surface area (Å²) in [6.07, 6.45) is 0. The molecular weight excluding hydrogens is 299 g/mol. The van der Waals surface area contributed by atoms with Crippen molar-refractivity contribution in [2.45, 2.75) is 6.92 Å². The van der Waals surface area contributed by atoms with E-state index in [0.717, 1.165) is 5.56 Å². The Kier molecular flexibility index (Phi) is 5.68. The fourth-order valence-electron chi connectivity index (χ4n) is 1.75. The van der Waals surface area contributed by atoms with Gasteiger partial charge in [-0.05, 0) is 43.3 Å². The van der Waals surface area contributed by atoms with Crippen LogP contribution in [-0.2, 0) is 9.59 Å². The summed E-state index contributed by atoms with van der Waals surface area (Å²) in [5.74, 6) is -0.766. The minimum absolute atomic E-state index is 0.153. The number of carbonyl (C=O) groups is 2. The molecule has 2 N–H and O–H groups in total. The molecule has 0 saturated heterocycles. The largest absolute Gasteiger partial charge is 0.484 e. The normalized spacial score (nSPS) is 10.0. The Morgan fingerprint density at radius 1 is 1.00 bits per heavy atom. The molecule has 23 heavy (non-hydrogen) atoms. The minimum Gasteiger partial charge on any atom is -0.484 e. The highest BCUT2D eigenvalue weighted by molar-refractivity contribution is 5.94. The lowest BCUT2D eigenvalue weighted by Crippen LogP contribution is -2.35. The van der Waals surface area contributed by atoms with Crippen LogP contribution < -0.4 is 15.4 Å². The number of ether oxygens (including phenoxy) is 1. The zero-order valence-corrected chi connectivity index (χ0v) is 12.6. The van der Waals surface area contributed by atoms with Crippen LogP contribution in [0.25, 0.3) is 0 Å². The van der Waals surface area contributed by atoms with Gasteiger partial charge in [0.2, 0.25) is 5.91 Å². The number of amides is 2. The number of hydrogen-bond acceptors (Lipinski definition) is 3. The van der Waals surface area contributed by atoms with Gasteiger partial charge in [-0.1, -0.05) is 17.7 Å². The summed E-state index contributed by atoms with van der Waals surface area (Å²) in [4.78, 5) is 23.3. The van der Waals surface area contributed by atoms with Crippen LogP contribution in [0.3, 0.4) is 0 Å². The third kappa shape index (κ3) is 5.78. The van der Waals surface area contributed by atoms with Crippen molar-refractivity contribution in [1.29, 1.82) is 0 Å². The monoisotopic (exact) mass is 316 g/mol. The van der Waals surface area contributed by atoms with E-state index in [2.05, 4.69) is 10.6 Å². The van der Waals surface area contributed by atoms with Gasteiger partial charge in [0, 0.05) is 5.69 Å². The zero-order chi connectivity index (χ0) is 16.7. The number of hydrogen-bond donors (Lipinski definition) is 2. The topological polar surface area (TPSA) is 67.4 Å². The molecule has 0 aromatic heterocycles. The number of rotatable bonds is 6. The van der Waals surface area contributed by atoms with Crippen molar-refractivity contribution in [3.8, 4) is 5.75 Å². The average Bonchev–Trinajstić information content (AvgIpc) is 2.54. The second kappa shape index (κ2) is 7.93. The van der Waals surface area contributed by atoms with E-state index in [1.807, 2.05) is 19.1 Å². The molecule has 2 rings (SSSR count). The van der Waals surface area contributed by atoms with E-state index in [0.29, 0.717) is 11.4 Å². The standard InChI is InChI=1S/C17H17FN2O3/c1-12-2-6-14(7-3-12)20-16(21)10-19-17(22)11-23-15-8-4-13(18)5-9-15/h2-9H,10-11H2,1H3,(H,19,22)(H,20,21). The van der Waals surface area contributed by atoms with E-state index in [4.69, 9.17) is 4.74 Å². The molecule has 0 spiro atoms.